The highest BCUT2D eigenvalue weighted by Gasteiger charge is 2.20. The Balaban J connectivity index is 2.73. The van der Waals surface area contributed by atoms with Gasteiger partial charge < -0.3 is 5.32 Å². The SMILES string of the molecule is CCCc1ccc(C(C)(C)CNC(C)=O)cc1. The summed E-state index contributed by atoms with van der Waals surface area (Å²) in [5.74, 6) is 0.0284. The summed E-state index contributed by atoms with van der Waals surface area (Å²) in [5, 5.41) is 2.89. The van der Waals surface area contributed by atoms with E-state index in [1.807, 2.05) is 0 Å². The molecule has 0 aliphatic carbocycles. The fraction of sp³-hybridized carbons (Fsp3) is 0.533. The van der Waals surface area contributed by atoms with E-state index >= 15 is 0 Å². The van der Waals surface area contributed by atoms with Crippen LogP contribution in [0.5, 0.6) is 0 Å². The largest absolute Gasteiger partial charge is 0.355 e. The van der Waals surface area contributed by atoms with E-state index in [0.717, 1.165) is 6.42 Å². The Kier molecular flexibility index (Phi) is 4.73. The molecule has 0 radical (unpaired) electrons. The molecule has 0 fully saturated rings. The predicted molar refractivity (Wildman–Crippen MR) is 72.1 cm³/mol. The standard InChI is InChI=1S/C15H23NO/c1-5-6-13-7-9-14(10-8-13)15(3,4)11-16-12(2)17/h7-10H,5-6,11H2,1-4H3,(H,16,17). The van der Waals surface area contributed by atoms with E-state index in [4.69, 9.17) is 0 Å². The molecule has 0 saturated heterocycles. The summed E-state index contributed by atoms with van der Waals surface area (Å²) in [4.78, 5) is 10.9. The summed E-state index contributed by atoms with van der Waals surface area (Å²) in [5.41, 5.74) is 2.63. The number of carbonyl (C=O) groups is 1. The third kappa shape index (κ3) is 4.22. The Labute approximate surface area is 104 Å². The molecule has 0 heterocycles. The molecule has 0 atom stereocenters. The lowest BCUT2D eigenvalue weighted by molar-refractivity contribution is -0.119. The van der Waals surface area contributed by atoms with Gasteiger partial charge in [-0.2, -0.15) is 0 Å². The van der Waals surface area contributed by atoms with Crippen LogP contribution in [0, 0.1) is 0 Å². The van der Waals surface area contributed by atoms with E-state index in [1.54, 1.807) is 6.92 Å². The van der Waals surface area contributed by atoms with Crippen molar-refractivity contribution < 1.29 is 4.79 Å². The normalized spacial score (nSPS) is 11.3. The molecule has 0 aromatic heterocycles. The highest BCUT2D eigenvalue weighted by atomic mass is 16.1. The fourth-order valence-corrected chi connectivity index (χ4v) is 1.86. The molecule has 1 amide bonds. The summed E-state index contributed by atoms with van der Waals surface area (Å²) in [6, 6.07) is 8.72. The molecule has 2 nitrogen and oxygen atoms in total. The summed E-state index contributed by atoms with van der Waals surface area (Å²) < 4.78 is 0. The minimum atomic E-state index is -0.0174. The third-order valence-electron chi connectivity index (χ3n) is 3.05. The molecular weight excluding hydrogens is 210 g/mol. The van der Waals surface area contributed by atoms with Crippen molar-refractivity contribution in [3.63, 3.8) is 0 Å². The first-order valence-corrected chi connectivity index (χ1v) is 6.29. The minimum Gasteiger partial charge on any atom is -0.355 e. The Morgan fingerprint density at radius 2 is 1.82 bits per heavy atom. The first kappa shape index (κ1) is 13.8. The number of nitrogens with one attached hydrogen (secondary N) is 1. The van der Waals surface area contributed by atoms with Crippen LogP contribution in [0.15, 0.2) is 24.3 Å². The molecule has 1 aromatic rings. The van der Waals surface area contributed by atoms with Crippen molar-refractivity contribution in [3.8, 4) is 0 Å². The molecule has 1 aromatic carbocycles. The second-order valence-corrected chi connectivity index (χ2v) is 5.24. The Bertz CT molecular complexity index is 365. The van der Waals surface area contributed by atoms with Gasteiger partial charge in [0.2, 0.25) is 5.91 Å². The molecule has 0 unspecified atom stereocenters. The lowest BCUT2D eigenvalue weighted by Gasteiger charge is -2.25. The van der Waals surface area contributed by atoms with Crippen LogP contribution in [0.1, 0.15) is 45.2 Å². The molecule has 0 bridgehead atoms. The minimum absolute atomic E-state index is 0.0174. The van der Waals surface area contributed by atoms with E-state index in [9.17, 15) is 4.79 Å². The number of rotatable bonds is 5. The fourth-order valence-electron chi connectivity index (χ4n) is 1.86. The van der Waals surface area contributed by atoms with Crippen molar-refractivity contribution in [3.05, 3.63) is 35.4 Å². The van der Waals surface area contributed by atoms with Gasteiger partial charge >= 0.3 is 0 Å². The number of aryl methyl sites for hydroxylation is 1. The van der Waals surface area contributed by atoms with Crippen LogP contribution in [0.2, 0.25) is 0 Å². The van der Waals surface area contributed by atoms with Crippen LogP contribution < -0.4 is 5.32 Å². The summed E-state index contributed by atoms with van der Waals surface area (Å²) in [6.45, 7) is 8.72. The molecular formula is C15H23NO. The zero-order chi connectivity index (χ0) is 12.9. The number of hydrogen-bond acceptors (Lipinski definition) is 1. The van der Waals surface area contributed by atoms with Gasteiger partial charge in [-0.1, -0.05) is 51.5 Å². The van der Waals surface area contributed by atoms with Crippen LogP contribution in [-0.4, -0.2) is 12.5 Å². The smallest absolute Gasteiger partial charge is 0.216 e. The second-order valence-electron chi connectivity index (χ2n) is 5.24. The maximum Gasteiger partial charge on any atom is 0.216 e. The van der Waals surface area contributed by atoms with E-state index in [2.05, 4.69) is 50.4 Å². The summed E-state index contributed by atoms with van der Waals surface area (Å²) in [6.07, 6.45) is 2.31. The van der Waals surface area contributed by atoms with Crippen molar-refractivity contribution in [2.24, 2.45) is 0 Å². The van der Waals surface area contributed by atoms with E-state index < -0.39 is 0 Å². The molecule has 2 heteroatoms. The summed E-state index contributed by atoms with van der Waals surface area (Å²) in [7, 11) is 0. The predicted octanol–water partition coefficient (Wildman–Crippen LogP) is 3.05. The lowest BCUT2D eigenvalue weighted by atomic mass is 9.84. The molecule has 1 rings (SSSR count). The Morgan fingerprint density at radius 3 is 2.29 bits per heavy atom. The lowest BCUT2D eigenvalue weighted by Crippen LogP contribution is -2.35. The van der Waals surface area contributed by atoms with E-state index in [1.165, 1.54) is 17.5 Å². The highest BCUT2D eigenvalue weighted by molar-refractivity contribution is 5.72. The van der Waals surface area contributed by atoms with Gasteiger partial charge in [-0.25, -0.2) is 0 Å². The maximum absolute atomic E-state index is 10.9. The van der Waals surface area contributed by atoms with Gasteiger partial charge in [-0.3, -0.25) is 4.79 Å². The van der Waals surface area contributed by atoms with Crippen molar-refractivity contribution in [1.82, 2.24) is 5.32 Å². The first-order chi connectivity index (χ1) is 7.95. The average Bonchev–Trinajstić information content (AvgIpc) is 2.28. The van der Waals surface area contributed by atoms with Gasteiger partial charge in [0, 0.05) is 18.9 Å². The molecule has 0 spiro atoms. The zero-order valence-corrected chi connectivity index (χ0v) is 11.3. The van der Waals surface area contributed by atoms with Crippen molar-refractivity contribution >= 4 is 5.91 Å². The van der Waals surface area contributed by atoms with Crippen molar-refractivity contribution in [2.45, 2.75) is 46.0 Å². The average molecular weight is 233 g/mol. The van der Waals surface area contributed by atoms with E-state index in [-0.39, 0.29) is 11.3 Å². The number of carbonyl (C=O) groups excluding carboxylic acids is 1. The van der Waals surface area contributed by atoms with Gasteiger partial charge in [0.05, 0.1) is 0 Å². The molecule has 17 heavy (non-hydrogen) atoms. The monoisotopic (exact) mass is 233 g/mol. The topological polar surface area (TPSA) is 29.1 Å². The Hall–Kier alpha value is -1.31. The quantitative estimate of drug-likeness (QED) is 0.832. The van der Waals surface area contributed by atoms with E-state index in [0.29, 0.717) is 6.54 Å². The van der Waals surface area contributed by atoms with Gasteiger partial charge in [-0.15, -0.1) is 0 Å². The third-order valence-corrected chi connectivity index (χ3v) is 3.05. The van der Waals surface area contributed by atoms with Crippen molar-refractivity contribution in [2.75, 3.05) is 6.54 Å². The molecule has 94 valence electrons. The van der Waals surface area contributed by atoms with Crippen LogP contribution >= 0.6 is 0 Å². The van der Waals surface area contributed by atoms with Crippen LogP contribution in [0.25, 0.3) is 0 Å². The van der Waals surface area contributed by atoms with Gasteiger partial charge in [0.25, 0.3) is 0 Å². The van der Waals surface area contributed by atoms with Gasteiger partial charge in [0.1, 0.15) is 0 Å². The van der Waals surface area contributed by atoms with Crippen molar-refractivity contribution in [1.29, 1.82) is 0 Å². The molecule has 1 N–H and O–H groups in total. The second kappa shape index (κ2) is 5.85. The molecule has 0 aliphatic rings. The van der Waals surface area contributed by atoms with Gasteiger partial charge in [-0.05, 0) is 17.5 Å². The first-order valence-electron chi connectivity index (χ1n) is 6.29. The summed E-state index contributed by atoms with van der Waals surface area (Å²) >= 11 is 0. The maximum atomic E-state index is 10.9. The van der Waals surface area contributed by atoms with Crippen LogP contribution in [-0.2, 0) is 16.6 Å². The molecule has 0 saturated carbocycles. The van der Waals surface area contributed by atoms with Crippen LogP contribution in [0.4, 0.5) is 0 Å². The Morgan fingerprint density at radius 1 is 1.24 bits per heavy atom. The highest BCUT2D eigenvalue weighted by Crippen LogP contribution is 2.22. The number of benzene rings is 1. The molecule has 0 aliphatic heterocycles. The number of hydrogen-bond donors (Lipinski definition) is 1. The van der Waals surface area contributed by atoms with Gasteiger partial charge in [0.15, 0.2) is 0 Å². The van der Waals surface area contributed by atoms with Crippen LogP contribution in [0.3, 0.4) is 0 Å². The number of amides is 1. The zero-order valence-electron chi connectivity index (χ0n) is 11.3.